The zero-order valence-electron chi connectivity index (χ0n) is 30.2. The van der Waals surface area contributed by atoms with Gasteiger partial charge in [0, 0.05) is 68.7 Å². The molecule has 0 radical (unpaired) electrons. The lowest BCUT2D eigenvalue weighted by Crippen LogP contribution is -2.53. The van der Waals surface area contributed by atoms with Gasteiger partial charge in [-0.15, -0.1) is 0 Å². The molecule has 0 spiro atoms. The molecule has 1 aromatic heterocycles. The fraction of sp³-hybridized carbons (Fsp3) is 0.375. The van der Waals surface area contributed by atoms with Crippen LogP contribution in [0.1, 0.15) is 82.4 Å². The van der Waals surface area contributed by atoms with Crippen LogP contribution in [-0.2, 0) is 35.9 Å². The van der Waals surface area contributed by atoms with Crippen LogP contribution in [0.3, 0.4) is 0 Å². The Balaban J connectivity index is 0.911. The summed E-state index contributed by atoms with van der Waals surface area (Å²) < 4.78 is 46.6. The number of rotatable bonds is 15. The van der Waals surface area contributed by atoms with Crippen molar-refractivity contribution in [1.82, 2.24) is 24.7 Å². The van der Waals surface area contributed by atoms with E-state index in [9.17, 15) is 32.3 Å². The summed E-state index contributed by atoms with van der Waals surface area (Å²) in [6.45, 7) is 1.63. The predicted octanol–water partition coefficient (Wildman–Crippen LogP) is 6.58. The highest BCUT2D eigenvalue weighted by Crippen LogP contribution is 2.33. The number of nitrogens with zero attached hydrogens (tertiary/aromatic N) is 4. The molecule has 11 nitrogen and oxygen atoms in total. The Kier molecular flexibility index (Phi) is 11.7. The third kappa shape index (κ3) is 8.92. The van der Waals surface area contributed by atoms with E-state index in [0.29, 0.717) is 65.5 Å². The SMILES string of the molecule is CN1C(=O)CCC(N2Cc3ccc(OCCCCCCCNC(=O)c4ccc(NCc5ccc(C(F)(F)F)cc5)c(-c5cn(C)cn5)c4)cc3C2=O)C1=O. The summed E-state index contributed by atoms with van der Waals surface area (Å²) in [4.78, 5) is 57.8. The molecule has 1 unspecified atom stereocenters. The zero-order chi connectivity index (χ0) is 38.4. The predicted molar refractivity (Wildman–Crippen MR) is 195 cm³/mol. The van der Waals surface area contributed by atoms with E-state index in [1.807, 2.05) is 25.4 Å². The molecule has 4 aromatic rings. The fourth-order valence-electron chi connectivity index (χ4n) is 6.69. The van der Waals surface area contributed by atoms with Crippen LogP contribution in [0, 0.1) is 0 Å². The van der Waals surface area contributed by atoms with E-state index in [1.54, 1.807) is 40.1 Å². The van der Waals surface area contributed by atoms with Gasteiger partial charge in [0.1, 0.15) is 11.8 Å². The number of nitrogens with one attached hydrogen (secondary N) is 2. The molecule has 3 heterocycles. The quantitative estimate of drug-likeness (QED) is 0.104. The Bertz CT molecular complexity index is 2010. The molecule has 0 bridgehead atoms. The molecule has 284 valence electrons. The largest absolute Gasteiger partial charge is 0.494 e. The van der Waals surface area contributed by atoms with Crippen molar-refractivity contribution < 1.29 is 37.1 Å². The number of unbranched alkanes of at least 4 members (excludes halogenated alkanes) is 4. The van der Waals surface area contributed by atoms with Crippen LogP contribution in [0.5, 0.6) is 5.75 Å². The summed E-state index contributed by atoms with van der Waals surface area (Å²) in [6, 6.07) is 15.0. The Labute approximate surface area is 311 Å². The second-order valence-corrected chi connectivity index (χ2v) is 13.7. The molecule has 6 rings (SSSR count). The van der Waals surface area contributed by atoms with Crippen molar-refractivity contribution in [3.8, 4) is 17.0 Å². The Hall–Kier alpha value is -5.66. The molecule has 3 aromatic carbocycles. The summed E-state index contributed by atoms with van der Waals surface area (Å²) in [5.41, 5.74) is 3.87. The molecule has 0 saturated carbocycles. The Morgan fingerprint density at radius 2 is 1.69 bits per heavy atom. The van der Waals surface area contributed by atoms with Crippen molar-refractivity contribution in [3.05, 3.63) is 101 Å². The number of ether oxygens (including phenoxy) is 1. The van der Waals surface area contributed by atoms with Crippen molar-refractivity contribution in [2.45, 2.75) is 70.3 Å². The highest BCUT2D eigenvalue weighted by atomic mass is 19.4. The first-order valence-electron chi connectivity index (χ1n) is 18.1. The van der Waals surface area contributed by atoms with E-state index in [0.717, 1.165) is 54.7 Å². The number of halogens is 3. The van der Waals surface area contributed by atoms with Gasteiger partial charge < -0.3 is 24.8 Å². The number of imide groups is 1. The second-order valence-electron chi connectivity index (χ2n) is 13.7. The number of hydrogen-bond donors (Lipinski definition) is 2. The summed E-state index contributed by atoms with van der Waals surface area (Å²) >= 11 is 0. The molecule has 2 N–H and O–H groups in total. The number of carbonyl (C=O) groups excluding carboxylic acids is 4. The first kappa shape index (κ1) is 38.1. The number of amides is 4. The molecular weight excluding hydrogens is 701 g/mol. The van der Waals surface area contributed by atoms with E-state index in [1.165, 1.54) is 19.2 Å². The van der Waals surface area contributed by atoms with Crippen molar-refractivity contribution in [3.63, 3.8) is 0 Å². The Morgan fingerprint density at radius 3 is 2.43 bits per heavy atom. The molecule has 1 atom stereocenters. The van der Waals surface area contributed by atoms with E-state index in [4.69, 9.17) is 4.74 Å². The van der Waals surface area contributed by atoms with Gasteiger partial charge in [0.25, 0.3) is 17.7 Å². The number of imidazole rings is 1. The lowest BCUT2D eigenvalue weighted by atomic mass is 10.0. The minimum Gasteiger partial charge on any atom is -0.494 e. The van der Waals surface area contributed by atoms with Crippen LogP contribution in [0.4, 0.5) is 18.9 Å². The molecule has 0 aliphatic carbocycles. The van der Waals surface area contributed by atoms with E-state index in [-0.39, 0.29) is 36.6 Å². The third-order valence-electron chi connectivity index (χ3n) is 9.81. The summed E-state index contributed by atoms with van der Waals surface area (Å²) in [7, 11) is 3.30. The van der Waals surface area contributed by atoms with E-state index < -0.39 is 17.8 Å². The van der Waals surface area contributed by atoms with Gasteiger partial charge in [-0.2, -0.15) is 13.2 Å². The van der Waals surface area contributed by atoms with Crippen molar-refractivity contribution >= 4 is 29.3 Å². The highest BCUT2D eigenvalue weighted by Gasteiger charge is 2.41. The van der Waals surface area contributed by atoms with Gasteiger partial charge in [-0.25, -0.2) is 4.98 Å². The number of anilines is 1. The first-order chi connectivity index (χ1) is 25.9. The highest BCUT2D eigenvalue weighted by molar-refractivity contribution is 6.05. The summed E-state index contributed by atoms with van der Waals surface area (Å²) in [6.07, 6.45) is 4.13. The number of hydrogen-bond acceptors (Lipinski definition) is 7. The topological polar surface area (TPSA) is 126 Å². The van der Waals surface area contributed by atoms with Crippen LogP contribution in [0.2, 0.25) is 0 Å². The Morgan fingerprint density at radius 1 is 0.926 bits per heavy atom. The molecule has 14 heteroatoms. The van der Waals surface area contributed by atoms with Gasteiger partial charge in [0.05, 0.1) is 24.2 Å². The van der Waals surface area contributed by atoms with Gasteiger partial charge in [0.2, 0.25) is 5.91 Å². The van der Waals surface area contributed by atoms with Crippen LogP contribution in [-0.4, -0.2) is 69.2 Å². The number of alkyl halides is 3. The van der Waals surface area contributed by atoms with Crippen molar-refractivity contribution in [1.29, 1.82) is 0 Å². The smallest absolute Gasteiger partial charge is 0.416 e. The molecule has 54 heavy (non-hydrogen) atoms. The third-order valence-corrected chi connectivity index (χ3v) is 9.81. The number of likely N-dealkylation sites (tertiary alicyclic amines) is 1. The zero-order valence-corrected chi connectivity index (χ0v) is 30.2. The van der Waals surface area contributed by atoms with Gasteiger partial charge in [-0.1, -0.05) is 37.5 Å². The average molecular weight is 745 g/mol. The van der Waals surface area contributed by atoms with Gasteiger partial charge in [0.15, 0.2) is 0 Å². The van der Waals surface area contributed by atoms with Gasteiger partial charge in [-0.3, -0.25) is 24.1 Å². The number of likely N-dealkylation sites (N-methyl/N-ethyl adjacent to an activating group) is 1. The molecular formula is C40H43F3N6O5. The maximum absolute atomic E-state index is 13.2. The number of benzene rings is 3. The van der Waals surface area contributed by atoms with Crippen LogP contribution in [0.15, 0.2) is 73.2 Å². The normalized spacial score (nSPS) is 15.8. The number of aromatic nitrogens is 2. The second kappa shape index (κ2) is 16.6. The summed E-state index contributed by atoms with van der Waals surface area (Å²) in [5.74, 6) is -0.405. The fourth-order valence-corrected chi connectivity index (χ4v) is 6.69. The number of piperidine rings is 1. The van der Waals surface area contributed by atoms with Crippen LogP contribution < -0.4 is 15.4 Å². The lowest BCUT2D eigenvalue weighted by Gasteiger charge is -2.33. The monoisotopic (exact) mass is 744 g/mol. The molecule has 2 aliphatic rings. The average Bonchev–Trinajstić information content (AvgIpc) is 3.74. The van der Waals surface area contributed by atoms with Crippen molar-refractivity contribution in [2.75, 3.05) is 25.5 Å². The minimum absolute atomic E-state index is 0.210. The standard InChI is InChI=1S/C40H43F3N6O5/c1-47-24-34(46-25-47)32-20-27(11-15-33(32)45-22-26-8-12-29(13-9-26)40(41,42)43)37(51)44-18-6-4-3-5-7-19-54-30-14-10-28-23-49(38(52)31(28)21-30)35-16-17-36(50)48(2)39(35)53/h8-15,20-21,24-25,35,45H,3-7,16-19,22-23H2,1-2H3,(H,44,51). The van der Waals surface area contributed by atoms with Gasteiger partial charge in [-0.05, 0) is 72.9 Å². The maximum Gasteiger partial charge on any atom is 0.416 e. The van der Waals surface area contributed by atoms with Crippen LogP contribution in [0.25, 0.3) is 11.3 Å². The summed E-state index contributed by atoms with van der Waals surface area (Å²) in [5, 5.41) is 6.26. The molecule has 2 aliphatic heterocycles. The molecule has 1 fully saturated rings. The van der Waals surface area contributed by atoms with Crippen LogP contribution >= 0.6 is 0 Å². The first-order valence-corrected chi connectivity index (χ1v) is 18.1. The number of fused-ring (bicyclic) bond motifs is 1. The minimum atomic E-state index is -4.39. The van der Waals surface area contributed by atoms with Gasteiger partial charge >= 0.3 is 6.18 Å². The molecule has 1 saturated heterocycles. The van der Waals surface area contributed by atoms with Crippen molar-refractivity contribution in [2.24, 2.45) is 7.05 Å². The van der Waals surface area contributed by atoms with E-state index >= 15 is 0 Å². The lowest BCUT2D eigenvalue weighted by molar-refractivity contribution is -0.150. The maximum atomic E-state index is 13.2. The number of aryl methyl sites for hydroxylation is 1. The van der Waals surface area contributed by atoms with E-state index in [2.05, 4.69) is 15.6 Å². The number of carbonyl (C=O) groups is 4. The molecule has 4 amide bonds.